The molecule has 22 heavy (non-hydrogen) atoms. The number of nitrogens with zero attached hydrogens (tertiary/aromatic N) is 1. The molecule has 116 valence electrons. The Balaban J connectivity index is 1.99. The van der Waals surface area contributed by atoms with Crippen LogP contribution in [0.2, 0.25) is 0 Å². The average molecular weight is 315 g/mol. The lowest BCUT2D eigenvalue weighted by molar-refractivity contribution is 0.254. The minimum atomic E-state index is 0.344. The van der Waals surface area contributed by atoms with Crippen molar-refractivity contribution in [3.05, 3.63) is 53.6 Å². The third-order valence-corrected chi connectivity index (χ3v) is 5.43. The van der Waals surface area contributed by atoms with Crippen LogP contribution in [0.5, 0.6) is 11.5 Å². The van der Waals surface area contributed by atoms with Gasteiger partial charge >= 0.3 is 0 Å². The molecule has 2 aromatic rings. The molecule has 0 N–H and O–H groups in total. The SMILES string of the molecule is CCN1Cc2cc(OC)c(OC)cc2SC1c1ccccc1. The summed E-state index contributed by atoms with van der Waals surface area (Å²) in [6, 6.07) is 14.9. The second-order valence-electron chi connectivity index (χ2n) is 5.26. The standard InChI is InChI=1S/C18H21NO2S/c1-4-19-12-14-10-15(20-2)16(21-3)11-17(14)22-18(19)13-8-6-5-7-9-13/h5-11,18H,4,12H2,1-3H3. The van der Waals surface area contributed by atoms with Gasteiger partial charge in [-0.3, -0.25) is 4.90 Å². The van der Waals surface area contributed by atoms with E-state index in [-0.39, 0.29) is 0 Å². The Morgan fingerprint density at radius 1 is 1.09 bits per heavy atom. The van der Waals surface area contributed by atoms with Gasteiger partial charge < -0.3 is 9.47 Å². The van der Waals surface area contributed by atoms with E-state index in [9.17, 15) is 0 Å². The molecule has 4 heteroatoms. The van der Waals surface area contributed by atoms with Crippen molar-refractivity contribution < 1.29 is 9.47 Å². The van der Waals surface area contributed by atoms with Crippen molar-refractivity contribution in [3.63, 3.8) is 0 Å². The minimum Gasteiger partial charge on any atom is -0.493 e. The third kappa shape index (κ3) is 2.81. The molecular weight excluding hydrogens is 294 g/mol. The van der Waals surface area contributed by atoms with Crippen LogP contribution in [0.1, 0.15) is 23.4 Å². The number of rotatable bonds is 4. The largest absolute Gasteiger partial charge is 0.493 e. The van der Waals surface area contributed by atoms with Gasteiger partial charge in [0.1, 0.15) is 0 Å². The zero-order valence-corrected chi connectivity index (χ0v) is 14.0. The zero-order valence-electron chi connectivity index (χ0n) is 13.2. The fraction of sp³-hybridized carbons (Fsp3) is 0.333. The molecule has 0 aliphatic carbocycles. The van der Waals surface area contributed by atoms with Crippen LogP contribution < -0.4 is 9.47 Å². The number of benzene rings is 2. The normalized spacial score (nSPS) is 17.9. The van der Waals surface area contributed by atoms with E-state index in [0.29, 0.717) is 5.37 Å². The molecular formula is C18H21NO2S. The molecule has 2 aromatic carbocycles. The van der Waals surface area contributed by atoms with Gasteiger partial charge in [-0.25, -0.2) is 0 Å². The highest BCUT2D eigenvalue weighted by Crippen LogP contribution is 2.47. The van der Waals surface area contributed by atoms with Gasteiger partial charge in [-0.15, -0.1) is 11.8 Å². The molecule has 0 spiro atoms. The van der Waals surface area contributed by atoms with Gasteiger partial charge in [0, 0.05) is 11.4 Å². The predicted octanol–water partition coefficient (Wildman–Crippen LogP) is 4.33. The number of hydrogen-bond donors (Lipinski definition) is 0. The van der Waals surface area contributed by atoms with Crippen LogP contribution in [-0.4, -0.2) is 25.7 Å². The van der Waals surface area contributed by atoms with Crippen molar-refractivity contribution in [2.75, 3.05) is 20.8 Å². The topological polar surface area (TPSA) is 21.7 Å². The number of methoxy groups -OCH3 is 2. The number of ether oxygens (including phenoxy) is 2. The molecule has 0 bridgehead atoms. The van der Waals surface area contributed by atoms with Crippen LogP contribution in [0.15, 0.2) is 47.4 Å². The van der Waals surface area contributed by atoms with Crippen LogP contribution in [0.4, 0.5) is 0 Å². The van der Waals surface area contributed by atoms with Gasteiger partial charge in [-0.1, -0.05) is 37.3 Å². The van der Waals surface area contributed by atoms with E-state index in [4.69, 9.17) is 9.47 Å². The molecule has 0 radical (unpaired) electrons. The fourth-order valence-corrected chi connectivity index (χ4v) is 4.16. The second kappa shape index (κ2) is 6.63. The molecule has 0 amide bonds. The molecule has 1 aliphatic heterocycles. The van der Waals surface area contributed by atoms with Crippen LogP contribution in [0, 0.1) is 0 Å². The van der Waals surface area contributed by atoms with E-state index < -0.39 is 0 Å². The lowest BCUT2D eigenvalue weighted by Crippen LogP contribution is -2.29. The smallest absolute Gasteiger partial charge is 0.161 e. The Morgan fingerprint density at radius 2 is 1.77 bits per heavy atom. The predicted molar refractivity (Wildman–Crippen MR) is 90.7 cm³/mol. The van der Waals surface area contributed by atoms with Gasteiger partial charge in [0.05, 0.1) is 19.6 Å². The van der Waals surface area contributed by atoms with E-state index in [0.717, 1.165) is 24.6 Å². The van der Waals surface area contributed by atoms with Gasteiger partial charge in [0.2, 0.25) is 0 Å². The molecule has 0 fully saturated rings. The Labute approximate surface area is 136 Å². The zero-order chi connectivity index (χ0) is 15.5. The Bertz CT molecular complexity index is 645. The average Bonchev–Trinajstić information content (AvgIpc) is 2.59. The quantitative estimate of drug-likeness (QED) is 0.837. The van der Waals surface area contributed by atoms with Gasteiger partial charge in [-0.2, -0.15) is 0 Å². The Kier molecular flexibility index (Phi) is 4.60. The Hall–Kier alpha value is -1.65. The first-order valence-electron chi connectivity index (χ1n) is 7.47. The maximum atomic E-state index is 5.44. The summed E-state index contributed by atoms with van der Waals surface area (Å²) in [4.78, 5) is 3.75. The number of fused-ring (bicyclic) bond motifs is 1. The number of thioether (sulfide) groups is 1. The molecule has 1 heterocycles. The lowest BCUT2D eigenvalue weighted by Gasteiger charge is -2.36. The summed E-state index contributed by atoms with van der Waals surface area (Å²) >= 11 is 1.88. The summed E-state index contributed by atoms with van der Waals surface area (Å²) in [5, 5.41) is 0.344. The van der Waals surface area contributed by atoms with E-state index >= 15 is 0 Å². The Morgan fingerprint density at radius 3 is 2.41 bits per heavy atom. The lowest BCUT2D eigenvalue weighted by atomic mass is 10.1. The van der Waals surface area contributed by atoms with Crippen LogP contribution in [0.25, 0.3) is 0 Å². The highest BCUT2D eigenvalue weighted by Gasteiger charge is 2.28. The van der Waals surface area contributed by atoms with Crippen LogP contribution >= 0.6 is 11.8 Å². The summed E-state index contributed by atoms with van der Waals surface area (Å²) in [5.41, 5.74) is 2.64. The van der Waals surface area contributed by atoms with Gasteiger partial charge in [0.25, 0.3) is 0 Å². The van der Waals surface area contributed by atoms with E-state index in [1.165, 1.54) is 16.0 Å². The minimum absolute atomic E-state index is 0.344. The van der Waals surface area contributed by atoms with E-state index in [1.54, 1.807) is 14.2 Å². The first kappa shape index (κ1) is 15.3. The van der Waals surface area contributed by atoms with Crippen LogP contribution in [0.3, 0.4) is 0 Å². The summed E-state index contributed by atoms with van der Waals surface area (Å²) in [6.45, 7) is 4.15. The van der Waals surface area contributed by atoms with E-state index in [1.807, 2.05) is 11.8 Å². The summed E-state index contributed by atoms with van der Waals surface area (Å²) in [6.07, 6.45) is 0. The van der Waals surface area contributed by atoms with Crippen molar-refractivity contribution in [1.29, 1.82) is 0 Å². The molecule has 0 aromatic heterocycles. The second-order valence-corrected chi connectivity index (χ2v) is 6.38. The maximum absolute atomic E-state index is 5.44. The van der Waals surface area contributed by atoms with Gasteiger partial charge in [0.15, 0.2) is 11.5 Å². The maximum Gasteiger partial charge on any atom is 0.161 e. The highest BCUT2D eigenvalue weighted by molar-refractivity contribution is 7.99. The fourth-order valence-electron chi connectivity index (χ4n) is 2.81. The van der Waals surface area contributed by atoms with Crippen molar-refractivity contribution in [2.45, 2.75) is 23.7 Å². The molecule has 1 unspecified atom stereocenters. The summed E-state index contributed by atoms with van der Waals surface area (Å²) in [5.74, 6) is 1.60. The highest BCUT2D eigenvalue weighted by atomic mass is 32.2. The van der Waals surface area contributed by atoms with Crippen molar-refractivity contribution in [2.24, 2.45) is 0 Å². The summed E-state index contributed by atoms with van der Waals surface area (Å²) in [7, 11) is 3.37. The van der Waals surface area contributed by atoms with Crippen molar-refractivity contribution in [3.8, 4) is 11.5 Å². The molecule has 1 aliphatic rings. The van der Waals surface area contributed by atoms with Crippen LogP contribution in [-0.2, 0) is 6.54 Å². The third-order valence-electron chi connectivity index (χ3n) is 4.00. The molecule has 3 nitrogen and oxygen atoms in total. The molecule has 0 saturated carbocycles. The monoisotopic (exact) mass is 315 g/mol. The molecule has 0 saturated heterocycles. The first-order valence-corrected chi connectivity index (χ1v) is 8.35. The molecule has 1 atom stereocenters. The first-order chi connectivity index (χ1) is 10.8. The molecule has 3 rings (SSSR count). The van der Waals surface area contributed by atoms with Crippen molar-refractivity contribution >= 4 is 11.8 Å². The summed E-state index contributed by atoms with van der Waals surface area (Å²) < 4.78 is 10.9. The van der Waals surface area contributed by atoms with Crippen molar-refractivity contribution in [1.82, 2.24) is 4.90 Å². The van der Waals surface area contributed by atoms with Gasteiger partial charge in [-0.05, 0) is 29.8 Å². The number of hydrogen-bond acceptors (Lipinski definition) is 4. The van der Waals surface area contributed by atoms with E-state index in [2.05, 4.69) is 54.3 Å².